The Balaban J connectivity index is 2.06. The summed E-state index contributed by atoms with van der Waals surface area (Å²) in [5, 5.41) is 0. The lowest BCUT2D eigenvalue weighted by Crippen LogP contribution is -2.44. The molecular weight excluding hydrogens is 330 g/mol. The van der Waals surface area contributed by atoms with Crippen LogP contribution in [0.15, 0.2) is 23.1 Å². The summed E-state index contributed by atoms with van der Waals surface area (Å²) in [6.07, 6.45) is 4.09. The number of piperidine rings is 1. The summed E-state index contributed by atoms with van der Waals surface area (Å²) in [5.74, 6) is -0.900. The molecule has 1 aromatic carbocycles. The number of carbonyl (C=O) groups excluding carboxylic acids is 2. The van der Waals surface area contributed by atoms with Gasteiger partial charge in [0.2, 0.25) is 0 Å². The fourth-order valence-corrected chi connectivity index (χ4v) is 3.46. The minimum atomic E-state index is -3.41. The summed E-state index contributed by atoms with van der Waals surface area (Å²) >= 11 is 0. The molecule has 24 heavy (non-hydrogen) atoms. The predicted octanol–water partition coefficient (Wildman–Crippen LogP) is 1.96. The highest BCUT2D eigenvalue weighted by Gasteiger charge is 2.24. The number of nitrogens with zero attached hydrogens (tertiary/aromatic N) is 1. The third-order valence-corrected chi connectivity index (χ3v) is 5.42. The van der Waals surface area contributed by atoms with Crippen molar-refractivity contribution in [1.29, 1.82) is 0 Å². The topological polar surface area (TPSA) is 80.7 Å². The van der Waals surface area contributed by atoms with Gasteiger partial charge in [-0.25, -0.2) is 13.2 Å². The van der Waals surface area contributed by atoms with E-state index in [0.717, 1.165) is 25.5 Å². The summed E-state index contributed by atoms with van der Waals surface area (Å²) < 4.78 is 28.3. The minimum Gasteiger partial charge on any atom is -0.452 e. The lowest BCUT2D eigenvalue weighted by atomic mass is 10.0. The maximum Gasteiger partial charge on any atom is 0.338 e. The Morgan fingerprint density at radius 1 is 1.29 bits per heavy atom. The fourth-order valence-electron chi connectivity index (χ4n) is 2.81. The third-order valence-electron chi connectivity index (χ3n) is 4.31. The molecule has 1 atom stereocenters. The quantitative estimate of drug-likeness (QED) is 0.773. The van der Waals surface area contributed by atoms with Crippen LogP contribution in [0.3, 0.4) is 0 Å². The molecule has 1 aliphatic rings. The van der Waals surface area contributed by atoms with Gasteiger partial charge in [-0.2, -0.15) is 0 Å². The molecule has 0 N–H and O–H groups in total. The van der Waals surface area contributed by atoms with E-state index in [-0.39, 0.29) is 29.0 Å². The highest BCUT2D eigenvalue weighted by molar-refractivity contribution is 7.90. The van der Waals surface area contributed by atoms with E-state index in [1.807, 2.05) is 6.92 Å². The van der Waals surface area contributed by atoms with E-state index in [1.165, 1.54) is 12.1 Å². The number of benzene rings is 1. The number of hydrogen-bond acceptors (Lipinski definition) is 5. The van der Waals surface area contributed by atoms with Crippen molar-refractivity contribution in [3.8, 4) is 0 Å². The largest absolute Gasteiger partial charge is 0.452 e. The fraction of sp³-hybridized carbons (Fsp3) is 0.529. The molecule has 1 unspecified atom stereocenters. The van der Waals surface area contributed by atoms with Gasteiger partial charge in [-0.3, -0.25) is 4.79 Å². The molecule has 0 saturated carbocycles. The summed E-state index contributed by atoms with van der Waals surface area (Å²) in [4.78, 5) is 26.2. The number of rotatable bonds is 4. The van der Waals surface area contributed by atoms with Gasteiger partial charge in [-0.15, -0.1) is 0 Å². The van der Waals surface area contributed by atoms with Crippen molar-refractivity contribution in [2.45, 2.75) is 44.0 Å². The Bertz CT molecular complexity index is 741. The van der Waals surface area contributed by atoms with Gasteiger partial charge in [0.05, 0.1) is 10.5 Å². The van der Waals surface area contributed by atoms with Crippen molar-refractivity contribution in [2.75, 3.05) is 19.4 Å². The molecule has 7 heteroatoms. The number of aryl methyl sites for hydroxylation is 1. The van der Waals surface area contributed by atoms with Crippen molar-refractivity contribution in [1.82, 2.24) is 4.90 Å². The van der Waals surface area contributed by atoms with Crippen LogP contribution in [-0.4, -0.2) is 50.6 Å². The standard InChI is InChI=1S/C17H23NO5S/c1-12-7-8-14(24(3,21)22)10-15(12)17(20)23-11-16(19)18-9-5-4-6-13(18)2/h7-8,10,13H,4-6,9,11H2,1-3H3. The Labute approximate surface area is 142 Å². The molecule has 6 nitrogen and oxygen atoms in total. The first-order valence-electron chi connectivity index (χ1n) is 7.97. The number of sulfone groups is 1. The molecule has 0 aromatic heterocycles. The van der Waals surface area contributed by atoms with Crippen LogP contribution in [0, 0.1) is 6.92 Å². The van der Waals surface area contributed by atoms with Crippen LogP contribution in [0.4, 0.5) is 0 Å². The molecule has 132 valence electrons. The number of esters is 1. The molecule has 0 bridgehead atoms. The first-order valence-corrected chi connectivity index (χ1v) is 9.86. The SMILES string of the molecule is Cc1ccc(S(C)(=O)=O)cc1C(=O)OCC(=O)N1CCCCC1C. The molecule has 1 saturated heterocycles. The molecule has 0 aliphatic carbocycles. The molecule has 1 heterocycles. The second-order valence-corrected chi connectivity index (χ2v) is 8.27. The van der Waals surface area contributed by atoms with Gasteiger partial charge in [0.1, 0.15) is 0 Å². The second-order valence-electron chi connectivity index (χ2n) is 6.26. The van der Waals surface area contributed by atoms with Crippen LogP contribution < -0.4 is 0 Å². The van der Waals surface area contributed by atoms with Crippen LogP contribution in [0.25, 0.3) is 0 Å². The van der Waals surface area contributed by atoms with Crippen LogP contribution in [0.5, 0.6) is 0 Å². The third kappa shape index (κ3) is 4.35. The zero-order valence-electron chi connectivity index (χ0n) is 14.2. The number of likely N-dealkylation sites (tertiary alicyclic amines) is 1. The van der Waals surface area contributed by atoms with Gasteiger partial charge < -0.3 is 9.64 Å². The lowest BCUT2D eigenvalue weighted by molar-refractivity contribution is -0.137. The van der Waals surface area contributed by atoms with E-state index in [2.05, 4.69) is 0 Å². The highest BCUT2D eigenvalue weighted by atomic mass is 32.2. The van der Waals surface area contributed by atoms with E-state index in [1.54, 1.807) is 17.9 Å². The highest BCUT2D eigenvalue weighted by Crippen LogP contribution is 2.18. The van der Waals surface area contributed by atoms with Gasteiger partial charge in [-0.05, 0) is 50.8 Å². The molecular formula is C17H23NO5S. The average Bonchev–Trinajstić information content (AvgIpc) is 2.52. The van der Waals surface area contributed by atoms with E-state index < -0.39 is 15.8 Å². The zero-order chi connectivity index (χ0) is 17.9. The number of ether oxygens (including phenoxy) is 1. The maximum absolute atomic E-state index is 12.2. The van der Waals surface area contributed by atoms with Crippen molar-refractivity contribution in [2.24, 2.45) is 0 Å². The van der Waals surface area contributed by atoms with Gasteiger partial charge in [0, 0.05) is 18.8 Å². The van der Waals surface area contributed by atoms with Crippen LogP contribution in [0.1, 0.15) is 42.1 Å². The van der Waals surface area contributed by atoms with Gasteiger partial charge in [-0.1, -0.05) is 6.07 Å². The molecule has 1 amide bonds. The van der Waals surface area contributed by atoms with Crippen molar-refractivity contribution in [3.05, 3.63) is 29.3 Å². The van der Waals surface area contributed by atoms with Gasteiger partial charge >= 0.3 is 5.97 Å². The minimum absolute atomic E-state index is 0.0519. The predicted molar refractivity (Wildman–Crippen MR) is 89.6 cm³/mol. The lowest BCUT2D eigenvalue weighted by Gasteiger charge is -2.33. The van der Waals surface area contributed by atoms with E-state index in [4.69, 9.17) is 4.74 Å². The summed E-state index contributed by atoms with van der Waals surface area (Å²) in [5.41, 5.74) is 0.767. The van der Waals surface area contributed by atoms with E-state index in [0.29, 0.717) is 12.1 Å². The van der Waals surface area contributed by atoms with Crippen molar-refractivity contribution >= 4 is 21.7 Å². The number of carbonyl (C=O) groups is 2. The van der Waals surface area contributed by atoms with Gasteiger partial charge in [0.15, 0.2) is 16.4 Å². The molecule has 1 fully saturated rings. The van der Waals surface area contributed by atoms with Gasteiger partial charge in [0.25, 0.3) is 5.91 Å². The summed E-state index contributed by atoms with van der Waals surface area (Å²) in [6.45, 7) is 4.03. The second kappa shape index (κ2) is 7.34. The Morgan fingerprint density at radius 2 is 2.00 bits per heavy atom. The summed E-state index contributed by atoms with van der Waals surface area (Å²) in [7, 11) is -3.41. The van der Waals surface area contributed by atoms with Crippen LogP contribution >= 0.6 is 0 Å². The first-order chi connectivity index (χ1) is 11.2. The van der Waals surface area contributed by atoms with E-state index in [9.17, 15) is 18.0 Å². The molecule has 1 aromatic rings. The van der Waals surface area contributed by atoms with E-state index >= 15 is 0 Å². The molecule has 0 spiro atoms. The van der Waals surface area contributed by atoms with Crippen molar-refractivity contribution < 1.29 is 22.7 Å². The zero-order valence-corrected chi connectivity index (χ0v) is 15.1. The molecule has 0 radical (unpaired) electrons. The van der Waals surface area contributed by atoms with Crippen LogP contribution in [0.2, 0.25) is 0 Å². The van der Waals surface area contributed by atoms with Crippen LogP contribution in [-0.2, 0) is 19.4 Å². The monoisotopic (exact) mass is 353 g/mol. The smallest absolute Gasteiger partial charge is 0.338 e. The Hall–Kier alpha value is -1.89. The number of hydrogen-bond donors (Lipinski definition) is 0. The normalized spacial score (nSPS) is 18.3. The average molecular weight is 353 g/mol. The first kappa shape index (κ1) is 18.4. The Morgan fingerprint density at radius 3 is 2.62 bits per heavy atom. The maximum atomic E-state index is 12.2. The summed E-state index contributed by atoms with van der Waals surface area (Å²) in [6, 6.07) is 4.45. The number of amides is 1. The molecule has 2 rings (SSSR count). The van der Waals surface area contributed by atoms with Crippen molar-refractivity contribution in [3.63, 3.8) is 0 Å². The molecule has 1 aliphatic heterocycles. The Kier molecular flexibility index (Phi) is 5.64.